The van der Waals surface area contributed by atoms with Crippen molar-refractivity contribution in [3.63, 3.8) is 0 Å². The predicted molar refractivity (Wildman–Crippen MR) is 64.4 cm³/mol. The molecule has 0 saturated carbocycles. The van der Waals surface area contributed by atoms with Gasteiger partial charge < -0.3 is 11.1 Å². The van der Waals surface area contributed by atoms with Gasteiger partial charge in [0.05, 0.1) is 0 Å². The van der Waals surface area contributed by atoms with Crippen molar-refractivity contribution in [1.29, 1.82) is 0 Å². The Kier molecular flexibility index (Phi) is 5.75. The lowest BCUT2D eigenvalue weighted by atomic mass is 10.2. The van der Waals surface area contributed by atoms with Crippen LogP contribution in [0.5, 0.6) is 0 Å². The Labute approximate surface area is 109 Å². The highest BCUT2D eigenvalue weighted by atomic mass is 19.4. The van der Waals surface area contributed by atoms with Gasteiger partial charge in [-0.25, -0.2) is 0 Å². The number of hydrogen-bond donors (Lipinski definition) is 2. The van der Waals surface area contributed by atoms with Crippen molar-refractivity contribution in [2.24, 2.45) is 5.73 Å². The summed E-state index contributed by atoms with van der Waals surface area (Å²) < 4.78 is 35.6. The lowest BCUT2D eigenvalue weighted by molar-refractivity contribution is -0.135. The van der Waals surface area contributed by atoms with E-state index in [0.717, 1.165) is 5.56 Å². The topological polar surface area (TPSA) is 68.0 Å². The number of nitrogens with two attached hydrogens (primary N) is 1. The van der Waals surface area contributed by atoms with E-state index >= 15 is 0 Å². The smallest absolute Gasteiger partial charge is 0.351 e. The fraction of sp³-hybridized carbons (Fsp3) is 0.500. The SMILES string of the molecule is NCc1ccc(C(=O)NCCCCC(F)(F)F)nc1. The average molecular weight is 275 g/mol. The van der Waals surface area contributed by atoms with Crippen LogP contribution in [-0.4, -0.2) is 23.6 Å². The Morgan fingerprint density at radius 2 is 2.05 bits per heavy atom. The van der Waals surface area contributed by atoms with Gasteiger partial charge in [-0.2, -0.15) is 13.2 Å². The number of aromatic nitrogens is 1. The van der Waals surface area contributed by atoms with Gasteiger partial charge in [-0.3, -0.25) is 9.78 Å². The second kappa shape index (κ2) is 7.08. The van der Waals surface area contributed by atoms with Crippen LogP contribution in [-0.2, 0) is 6.54 Å². The number of halogens is 3. The van der Waals surface area contributed by atoms with E-state index in [4.69, 9.17) is 5.73 Å². The van der Waals surface area contributed by atoms with E-state index in [1.54, 1.807) is 6.07 Å². The fourth-order valence-electron chi connectivity index (χ4n) is 1.42. The van der Waals surface area contributed by atoms with Gasteiger partial charge >= 0.3 is 6.18 Å². The van der Waals surface area contributed by atoms with Gasteiger partial charge in [0.2, 0.25) is 0 Å². The molecule has 19 heavy (non-hydrogen) atoms. The number of carbonyl (C=O) groups is 1. The van der Waals surface area contributed by atoms with Gasteiger partial charge in [-0.05, 0) is 24.5 Å². The first-order valence-corrected chi connectivity index (χ1v) is 5.92. The molecule has 0 aliphatic rings. The molecule has 1 aromatic rings. The molecule has 0 bridgehead atoms. The first kappa shape index (κ1) is 15.4. The van der Waals surface area contributed by atoms with Crippen molar-refractivity contribution < 1.29 is 18.0 Å². The minimum absolute atomic E-state index is 0.00329. The van der Waals surface area contributed by atoms with Crippen LogP contribution in [0.15, 0.2) is 18.3 Å². The Morgan fingerprint density at radius 1 is 1.32 bits per heavy atom. The van der Waals surface area contributed by atoms with Gasteiger partial charge in [0.1, 0.15) is 5.69 Å². The quantitative estimate of drug-likeness (QED) is 0.780. The normalized spacial score (nSPS) is 11.4. The minimum Gasteiger partial charge on any atom is -0.351 e. The van der Waals surface area contributed by atoms with Crippen LogP contribution in [0.1, 0.15) is 35.3 Å². The van der Waals surface area contributed by atoms with E-state index in [1.165, 1.54) is 12.3 Å². The zero-order chi connectivity index (χ0) is 14.3. The molecule has 0 atom stereocenters. The number of alkyl halides is 3. The predicted octanol–water partition coefficient (Wildman–Crippen LogP) is 2.00. The molecule has 7 heteroatoms. The first-order chi connectivity index (χ1) is 8.92. The van der Waals surface area contributed by atoms with Crippen molar-refractivity contribution in [3.05, 3.63) is 29.6 Å². The molecule has 0 saturated heterocycles. The number of nitrogens with zero attached hydrogens (tertiary/aromatic N) is 1. The van der Waals surface area contributed by atoms with E-state index in [2.05, 4.69) is 10.3 Å². The zero-order valence-electron chi connectivity index (χ0n) is 10.3. The van der Waals surface area contributed by atoms with Crippen LogP contribution in [0.4, 0.5) is 13.2 Å². The highest BCUT2D eigenvalue weighted by molar-refractivity contribution is 5.92. The molecule has 0 aliphatic carbocycles. The molecule has 0 unspecified atom stereocenters. The molecule has 0 fully saturated rings. The van der Waals surface area contributed by atoms with Crippen molar-refractivity contribution in [3.8, 4) is 0 Å². The molecular weight excluding hydrogens is 259 g/mol. The van der Waals surface area contributed by atoms with E-state index in [9.17, 15) is 18.0 Å². The lowest BCUT2D eigenvalue weighted by Crippen LogP contribution is -2.25. The maximum absolute atomic E-state index is 11.9. The molecule has 1 rings (SSSR count). The third kappa shape index (κ3) is 6.19. The number of pyridine rings is 1. The largest absolute Gasteiger partial charge is 0.389 e. The monoisotopic (exact) mass is 275 g/mol. The van der Waals surface area contributed by atoms with Crippen molar-refractivity contribution >= 4 is 5.91 Å². The fourth-order valence-corrected chi connectivity index (χ4v) is 1.42. The van der Waals surface area contributed by atoms with Gasteiger partial charge in [0, 0.05) is 25.7 Å². The highest BCUT2D eigenvalue weighted by Gasteiger charge is 2.25. The zero-order valence-corrected chi connectivity index (χ0v) is 10.3. The van der Waals surface area contributed by atoms with E-state index < -0.39 is 18.5 Å². The Hall–Kier alpha value is -1.63. The molecular formula is C12H16F3N3O. The van der Waals surface area contributed by atoms with E-state index in [1.807, 2.05) is 0 Å². The summed E-state index contributed by atoms with van der Waals surface area (Å²) in [6.07, 6.45) is -3.18. The molecule has 0 spiro atoms. The standard InChI is InChI=1S/C12H16F3N3O/c13-12(14,15)5-1-2-6-17-11(19)10-4-3-9(7-16)8-18-10/h3-4,8H,1-2,5-7,16H2,(H,17,19). The minimum atomic E-state index is -4.14. The summed E-state index contributed by atoms with van der Waals surface area (Å²) >= 11 is 0. The van der Waals surface area contributed by atoms with Gasteiger partial charge in [-0.1, -0.05) is 6.07 Å². The lowest BCUT2D eigenvalue weighted by Gasteiger charge is -2.07. The summed E-state index contributed by atoms with van der Waals surface area (Å²) in [6, 6.07) is 3.22. The second-order valence-corrected chi connectivity index (χ2v) is 4.08. The molecule has 4 nitrogen and oxygen atoms in total. The molecule has 1 amide bonds. The molecule has 0 radical (unpaired) electrons. The average Bonchev–Trinajstić information content (AvgIpc) is 2.37. The van der Waals surface area contributed by atoms with E-state index in [-0.39, 0.29) is 25.1 Å². The van der Waals surface area contributed by atoms with Gasteiger partial charge in [-0.15, -0.1) is 0 Å². The van der Waals surface area contributed by atoms with Crippen LogP contribution in [0, 0.1) is 0 Å². The van der Waals surface area contributed by atoms with Gasteiger partial charge in [0.25, 0.3) is 5.91 Å². The summed E-state index contributed by atoms with van der Waals surface area (Å²) in [5.41, 5.74) is 6.43. The Bertz CT molecular complexity index is 404. The molecule has 0 aromatic carbocycles. The summed E-state index contributed by atoms with van der Waals surface area (Å²) in [5.74, 6) is -0.393. The third-order valence-corrected chi connectivity index (χ3v) is 2.47. The molecule has 1 aromatic heterocycles. The maximum Gasteiger partial charge on any atom is 0.389 e. The number of rotatable bonds is 6. The van der Waals surface area contributed by atoms with E-state index in [0.29, 0.717) is 6.54 Å². The number of hydrogen-bond acceptors (Lipinski definition) is 3. The second-order valence-electron chi connectivity index (χ2n) is 4.08. The van der Waals surface area contributed by atoms with Crippen LogP contribution in [0.25, 0.3) is 0 Å². The van der Waals surface area contributed by atoms with Crippen molar-refractivity contribution in [2.75, 3.05) is 6.54 Å². The van der Waals surface area contributed by atoms with Crippen LogP contribution in [0.3, 0.4) is 0 Å². The summed E-state index contributed by atoms with van der Waals surface area (Å²) in [7, 11) is 0. The third-order valence-electron chi connectivity index (χ3n) is 2.47. The van der Waals surface area contributed by atoms with Crippen LogP contribution < -0.4 is 11.1 Å². The molecule has 3 N–H and O–H groups in total. The maximum atomic E-state index is 11.9. The van der Waals surface area contributed by atoms with Gasteiger partial charge in [0.15, 0.2) is 0 Å². The van der Waals surface area contributed by atoms with Crippen molar-refractivity contribution in [1.82, 2.24) is 10.3 Å². The Balaban J connectivity index is 2.27. The van der Waals surface area contributed by atoms with Crippen molar-refractivity contribution in [2.45, 2.75) is 32.0 Å². The number of carbonyl (C=O) groups excluding carboxylic acids is 1. The highest BCUT2D eigenvalue weighted by Crippen LogP contribution is 2.21. The number of unbranched alkanes of at least 4 members (excludes halogenated alkanes) is 1. The van der Waals surface area contributed by atoms with Crippen LogP contribution >= 0.6 is 0 Å². The first-order valence-electron chi connectivity index (χ1n) is 5.92. The number of nitrogens with one attached hydrogen (secondary N) is 1. The summed E-state index contributed by atoms with van der Waals surface area (Å²) in [6.45, 7) is 0.543. The molecule has 1 heterocycles. The summed E-state index contributed by atoms with van der Waals surface area (Å²) in [5, 5.41) is 2.52. The Morgan fingerprint density at radius 3 is 2.58 bits per heavy atom. The molecule has 106 valence electrons. The molecule has 0 aliphatic heterocycles. The summed E-state index contributed by atoms with van der Waals surface area (Å²) in [4.78, 5) is 15.5. The van der Waals surface area contributed by atoms with Crippen LogP contribution in [0.2, 0.25) is 0 Å². The number of amides is 1.